The fourth-order valence-electron chi connectivity index (χ4n) is 1.24. The molecule has 0 spiro atoms. The van der Waals surface area contributed by atoms with Gasteiger partial charge in [-0.1, -0.05) is 12.1 Å². The molecule has 0 radical (unpaired) electrons. The van der Waals surface area contributed by atoms with E-state index in [1.807, 2.05) is 35.0 Å². The Labute approximate surface area is 109 Å². The van der Waals surface area contributed by atoms with Crippen molar-refractivity contribution < 1.29 is 4.74 Å². The maximum absolute atomic E-state index is 5.61. The molecule has 1 heterocycles. The number of rotatable bonds is 4. The molecule has 0 aliphatic heterocycles. The molecule has 0 N–H and O–H groups in total. The Balaban J connectivity index is 0.00000128. The number of imidazole rings is 1. The Morgan fingerprint density at radius 1 is 1.31 bits per heavy atom. The van der Waals surface area contributed by atoms with E-state index in [2.05, 4.69) is 20.9 Å². The summed E-state index contributed by atoms with van der Waals surface area (Å²) >= 11 is 3.43. The third kappa shape index (κ3) is 3.54. The van der Waals surface area contributed by atoms with Crippen LogP contribution in [0.4, 0.5) is 0 Å². The summed E-state index contributed by atoms with van der Waals surface area (Å²) in [5.74, 6) is 0.873. The summed E-state index contributed by atoms with van der Waals surface area (Å²) in [6, 6.07) is 7.83. The fourth-order valence-corrected chi connectivity index (χ4v) is 1.64. The van der Waals surface area contributed by atoms with Crippen LogP contribution in [0.5, 0.6) is 5.75 Å². The smallest absolute Gasteiger partial charge is 0.133 e. The third-order valence-corrected chi connectivity index (χ3v) is 2.66. The Morgan fingerprint density at radius 3 is 2.81 bits per heavy atom. The van der Waals surface area contributed by atoms with Crippen molar-refractivity contribution in [2.75, 3.05) is 6.61 Å². The lowest BCUT2D eigenvalue weighted by molar-refractivity contribution is 0.296. The number of benzene rings is 1. The lowest BCUT2D eigenvalue weighted by atomic mass is 10.3. The van der Waals surface area contributed by atoms with E-state index in [9.17, 15) is 0 Å². The van der Waals surface area contributed by atoms with Gasteiger partial charge in [-0.3, -0.25) is 0 Å². The van der Waals surface area contributed by atoms with Gasteiger partial charge in [-0.15, -0.1) is 12.4 Å². The van der Waals surface area contributed by atoms with Gasteiger partial charge >= 0.3 is 0 Å². The standard InChI is InChI=1S/C11H11BrN2O.ClH/c12-10-3-1-2-4-11(10)15-8-7-14-6-5-13-9-14;/h1-6,9H,7-8H2;1H. The van der Waals surface area contributed by atoms with Crippen molar-refractivity contribution in [3.05, 3.63) is 47.5 Å². The van der Waals surface area contributed by atoms with Crippen LogP contribution in [0, 0.1) is 0 Å². The predicted molar refractivity (Wildman–Crippen MR) is 69.1 cm³/mol. The number of para-hydroxylation sites is 1. The monoisotopic (exact) mass is 302 g/mol. The molecule has 0 amide bonds. The Kier molecular flexibility index (Phi) is 5.35. The first-order valence-electron chi connectivity index (χ1n) is 4.69. The van der Waals surface area contributed by atoms with Crippen LogP contribution in [0.2, 0.25) is 0 Å². The Bertz CT molecular complexity index is 420. The predicted octanol–water partition coefficient (Wildman–Crippen LogP) is 3.15. The molecule has 3 nitrogen and oxygen atoms in total. The second-order valence-electron chi connectivity index (χ2n) is 3.08. The normalized spacial score (nSPS) is 9.56. The van der Waals surface area contributed by atoms with Crippen molar-refractivity contribution in [3.8, 4) is 5.75 Å². The van der Waals surface area contributed by atoms with Crippen LogP contribution in [0.3, 0.4) is 0 Å². The van der Waals surface area contributed by atoms with Crippen molar-refractivity contribution in [2.24, 2.45) is 0 Å². The molecular weight excluding hydrogens is 291 g/mol. The Hall–Kier alpha value is -1.00. The number of aromatic nitrogens is 2. The maximum Gasteiger partial charge on any atom is 0.133 e. The summed E-state index contributed by atoms with van der Waals surface area (Å²) < 4.78 is 8.58. The number of hydrogen-bond donors (Lipinski definition) is 0. The average Bonchev–Trinajstić information content (AvgIpc) is 2.74. The minimum absolute atomic E-state index is 0. The molecule has 1 aromatic carbocycles. The van der Waals surface area contributed by atoms with E-state index in [0.29, 0.717) is 6.61 Å². The van der Waals surface area contributed by atoms with Crippen LogP contribution < -0.4 is 4.74 Å². The van der Waals surface area contributed by atoms with E-state index >= 15 is 0 Å². The SMILES string of the molecule is Brc1ccccc1OCCn1ccnc1.Cl. The maximum atomic E-state index is 5.61. The van der Waals surface area contributed by atoms with Crippen LogP contribution in [0.1, 0.15) is 0 Å². The van der Waals surface area contributed by atoms with Gasteiger partial charge in [0.25, 0.3) is 0 Å². The molecular formula is C11H12BrClN2O. The minimum Gasteiger partial charge on any atom is -0.491 e. The molecule has 5 heteroatoms. The van der Waals surface area contributed by atoms with Crippen molar-refractivity contribution >= 4 is 28.3 Å². The minimum atomic E-state index is 0. The second-order valence-corrected chi connectivity index (χ2v) is 3.93. The fraction of sp³-hybridized carbons (Fsp3) is 0.182. The molecule has 2 rings (SSSR count). The lowest BCUT2D eigenvalue weighted by Crippen LogP contribution is -2.06. The van der Waals surface area contributed by atoms with E-state index in [1.165, 1.54) is 0 Å². The van der Waals surface area contributed by atoms with Gasteiger partial charge in [0.1, 0.15) is 12.4 Å². The van der Waals surface area contributed by atoms with Gasteiger partial charge in [-0.25, -0.2) is 4.98 Å². The Morgan fingerprint density at radius 2 is 2.12 bits per heavy atom. The molecule has 0 atom stereocenters. The van der Waals surface area contributed by atoms with E-state index in [-0.39, 0.29) is 12.4 Å². The summed E-state index contributed by atoms with van der Waals surface area (Å²) in [5, 5.41) is 0. The largest absolute Gasteiger partial charge is 0.491 e. The lowest BCUT2D eigenvalue weighted by Gasteiger charge is -2.07. The van der Waals surface area contributed by atoms with Crippen molar-refractivity contribution in [1.82, 2.24) is 9.55 Å². The van der Waals surface area contributed by atoms with E-state index < -0.39 is 0 Å². The molecule has 0 aliphatic rings. The van der Waals surface area contributed by atoms with Crippen LogP contribution in [0.15, 0.2) is 47.5 Å². The summed E-state index contributed by atoms with van der Waals surface area (Å²) in [6.07, 6.45) is 5.46. The first kappa shape index (κ1) is 13.1. The molecule has 86 valence electrons. The molecule has 1 aromatic heterocycles. The summed E-state index contributed by atoms with van der Waals surface area (Å²) in [7, 11) is 0. The summed E-state index contributed by atoms with van der Waals surface area (Å²) in [4.78, 5) is 3.96. The highest BCUT2D eigenvalue weighted by atomic mass is 79.9. The third-order valence-electron chi connectivity index (χ3n) is 2.00. The van der Waals surface area contributed by atoms with Gasteiger partial charge in [0.15, 0.2) is 0 Å². The zero-order valence-corrected chi connectivity index (χ0v) is 10.9. The van der Waals surface area contributed by atoms with E-state index in [1.54, 1.807) is 12.5 Å². The molecule has 16 heavy (non-hydrogen) atoms. The van der Waals surface area contributed by atoms with Gasteiger partial charge in [-0.2, -0.15) is 0 Å². The van der Waals surface area contributed by atoms with Crippen molar-refractivity contribution in [1.29, 1.82) is 0 Å². The van der Waals surface area contributed by atoms with E-state index in [0.717, 1.165) is 16.8 Å². The van der Waals surface area contributed by atoms with Crippen LogP contribution in [-0.2, 0) is 6.54 Å². The molecule has 0 unspecified atom stereocenters. The molecule has 0 saturated carbocycles. The molecule has 0 saturated heterocycles. The summed E-state index contributed by atoms with van der Waals surface area (Å²) in [6.45, 7) is 1.44. The molecule has 0 aliphatic carbocycles. The highest BCUT2D eigenvalue weighted by Crippen LogP contribution is 2.23. The van der Waals surface area contributed by atoms with Gasteiger partial charge in [-0.05, 0) is 28.1 Å². The highest BCUT2D eigenvalue weighted by molar-refractivity contribution is 9.10. The quantitative estimate of drug-likeness (QED) is 0.867. The number of halogens is 2. The van der Waals surface area contributed by atoms with Gasteiger partial charge in [0.2, 0.25) is 0 Å². The second kappa shape index (κ2) is 6.55. The molecule has 0 bridgehead atoms. The number of nitrogens with zero attached hydrogens (tertiary/aromatic N) is 2. The van der Waals surface area contributed by atoms with Crippen LogP contribution in [0.25, 0.3) is 0 Å². The van der Waals surface area contributed by atoms with Crippen LogP contribution >= 0.6 is 28.3 Å². The van der Waals surface area contributed by atoms with Gasteiger partial charge < -0.3 is 9.30 Å². The molecule has 2 aromatic rings. The van der Waals surface area contributed by atoms with Gasteiger partial charge in [0.05, 0.1) is 17.3 Å². The van der Waals surface area contributed by atoms with Crippen molar-refractivity contribution in [2.45, 2.75) is 6.54 Å². The van der Waals surface area contributed by atoms with Gasteiger partial charge in [0, 0.05) is 12.4 Å². The zero-order chi connectivity index (χ0) is 10.5. The molecule has 0 fully saturated rings. The van der Waals surface area contributed by atoms with E-state index in [4.69, 9.17) is 4.74 Å². The zero-order valence-electron chi connectivity index (χ0n) is 8.54. The van der Waals surface area contributed by atoms with Crippen LogP contribution in [-0.4, -0.2) is 16.2 Å². The summed E-state index contributed by atoms with van der Waals surface area (Å²) in [5.41, 5.74) is 0. The number of ether oxygens (including phenoxy) is 1. The topological polar surface area (TPSA) is 27.1 Å². The first-order valence-corrected chi connectivity index (χ1v) is 5.48. The van der Waals surface area contributed by atoms with Crippen molar-refractivity contribution in [3.63, 3.8) is 0 Å². The average molecular weight is 304 g/mol. The highest BCUT2D eigenvalue weighted by Gasteiger charge is 1.98. The first-order chi connectivity index (χ1) is 7.36. The number of hydrogen-bond acceptors (Lipinski definition) is 2.